The Morgan fingerprint density at radius 1 is 1.43 bits per heavy atom. The molecule has 0 aromatic carbocycles. The van der Waals surface area contributed by atoms with Crippen LogP contribution < -0.4 is 5.32 Å². The Kier molecular flexibility index (Phi) is 4.43. The molecule has 0 bridgehead atoms. The zero-order valence-corrected chi connectivity index (χ0v) is 13.9. The summed E-state index contributed by atoms with van der Waals surface area (Å²) in [6.45, 7) is 5.13. The summed E-state index contributed by atoms with van der Waals surface area (Å²) in [6.07, 6.45) is 0. The first-order valence-corrected chi connectivity index (χ1v) is 7.61. The van der Waals surface area contributed by atoms with Gasteiger partial charge in [-0.15, -0.1) is 11.3 Å². The van der Waals surface area contributed by atoms with Gasteiger partial charge in [0.05, 0.1) is 12.7 Å². The minimum absolute atomic E-state index is 0.223. The van der Waals surface area contributed by atoms with Crippen molar-refractivity contribution in [2.75, 3.05) is 7.11 Å². The number of amides is 1. The number of nitrogens with zero attached hydrogens (tertiary/aromatic N) is 1. The summed E-state index contributed by atoms with van der Waals surface area (Å²) in [4.78, 5) is 26.5. The first-order valence-electron chi connectivity index (χ1n) is 6.32. The van der Waals surface area contributed by atoms with Crippen LogP contribution in [-0.4, -0.2) is 29.0 Å². The highest BCUT2D eigenvalue weighted by atomic mass is 32.1. The van der Waals surface area contributed by atoms with Gasteiger partial charge in [0.2, 0.25) is 5.91 Å². The smallest absolute Gasteiger partial charge is 0.338 e. The fourth-order valence-electron chi connectivity index (χ4n) is 2.35. The van der Waals surface area contributed by atoms with E-state index in [9.17, 15) is 9.59 Å². The molecule has 1 atom stereocenters. The van der Waals surface area contributed by atoms with E-state index in [1.54, 1.807) is 6.92 Å². The number of nitrogens with one attached hydrogen (secondary N) is 1. The lowest BCUT2D eigenvalue weighted by Gasteiger charge is -2.37. The van der Waals surface area contributed by atoms with Crippen molar-refractivity contribution in [1.29, 1.82) is 0 Å². The number of hydrogen-bond donors (Lipinski definition) is 1. The number of aryl methyl sites for hydroxylation is 1. The molecule has 112 valence electrons. The van der Waals surface area contributed by atoms with E-state index in [4.69, 9.17) is 17.0 Å². The van der Waals surface area contributed by atoms with Crippen LogP contribution in [0.1, 0.15) is 30.3 Å². The first-order chi connectivity index (χ1) is 9.88. The van der Waals surface area contributed by atoms with Gasteiger partial charge < -0.3 is 10.1 Å². The van der Waals surface area contributed by atoms with Crippen LogP contribution in [0, 0.1) is 6.92 Å². The summed E-state index contributed by atoms with van der Waals surface area (Å²) in [7, 11) is 1.33. The molecule has 1 unspecified atom stereocenters. The van der Waals surface area contributed by atoms with Crippen LogP contribution in [0.25, 0.3) is 0 Å². The van der Waals surface area contributed by atoms with Crippen LogP contribution in [0.4, 0.5) is 0 Å². The molecule has 2 rings (SSSR count). The van der Waals surface area contributed by atoms with Crippen molar-refractivity contribution < 1.29 is 14.3 Å². The lowest BCUT2D eigenvalue weighted by Crippen LogP contribution is -2.50. The van der Waals surface area contributed by atoms with Gasteiger partial charge in [0.15, 0.2) is 5.11 Å². The van der Waals surface area contributed by atoms with Crippen molar-refractivity contribution in [3.63, 3.8) is 0 Å². The normalized spacial score (nSPS) is 18.6. The maximum Gasteiger partial charge on any atom is 0.338 e. The third-order valence-corrected chi connectivity index (χ3v) is 4.71. The van der Waals surface area contributed by atoms with E-state index < -0.39 is 12.0 Å². The molecule has 2 heterocycles. The molecule has 1 aromatic rings. The predicted octanol–water partition coefficient (Wildman–Crippen LogP) is 2.28. The highest BCUT2D eigenvalue weighted by Gasteiger charge is 2.39. The molecular formula is C14H16N2O3S2. The zero-order valence-electron chi connectivity index (χ0n) is 12.2. The van der Waals surface area contributed by atoms with Gasteiger partial charge in [-0.25, -0.2) is 4.79 Å². The monoisotopic (exact) mass is 324 g/mol. The molecule has 1 aliphatic heterocycles. The molecule has 0 saturated carbocycles. The Labute approximate surface area is 132 Å². The SMILES string of the molecule is COC(=O)C1=C(C)NC(=S)N(C(C)=O)C1c1sccc1C. The van der Waals surface area contributed by atoms with Crippen molar-refractivity contribution in [3.8, 4) is 0 Å². The molecule has 5 nitrogen and oxygen atoms in total. The molecule has 21 heavy (non-hydrogen) atoms. The Morgan fingerprint density at radius 2 is 2.10 bits per heavy atom. The van der Waals surface area contributed by atoms with Crippen LogP contribution in [0.3, 0.4) is 0 Å². The molecule has 1 aromatic heterocycles. The fraction of sp³-hybridized carbons (Fsp3) is 0.357. The van der Waals surface area contributed by atoms with Gasteiger partial charge in [-0.1, -0.05) is 0 Å². The van der Waals surface area contributed by atoms with Crippen molar-refractivity contribution in [3.05, 3.63) is 33.2 Å². The van der Waals surface area contributed by atoms with Gasteiger partial charge in [0, 0.05) is 17.5 Å². The fourth-order valence-corrected chi connectivity index (χ4v) is 3.76. The van der Waals surface area contributed by atoms with Gasteiger partial charge in [-0.05, 0) is 43.1 Å². The van der Waals surface area contributed by atoms with Crippen LogP contribution in [0.5, 0.6) is 0 Å². The van der Waals surface area contributed by atoms with Gasteiger partial charge in [-0.2, -0.15) is 0 Å². The van der Waals surface area contributed by atoms with Crippen molar-refractivity contribution in [2.45, 2.75) is 26.8 Å². The van der Waals surface area contributed by atoms with E-state index in [1.807, 2.05) is 18.4 Å². The third kappa shape index (κ3) is 2.71. The maximum atomic E-state index is 12.2. The van der Waals surface area contributed by atoms with E-state index in [-0.39, 0.29) is 5.91 Å². The molecule has 7 heteroatoms. The third-order valence-electron chi connectivity index (χ3n) is 3.34. The van der Waals surface area contributed by atoms with E-state index >= 15 is 0 Å². The van der Waals surface area contributed by atoms with Crippen LogP contribution in [0.2, 0.25) is 0 Å². The number of thiophene rings is 1. The van der Waals surface area contributed by atoms with Crippen LogP contribution in [0.15, 0.2) is 22.7 Å². The Balaban J connectivity index is 2.67. The first kappa shape index (κ1) is 15.7. The minimum Gasteiger partial charge on any atom is -0.466 e. The van der Waals surface area contributed by atoms with Crippen LogP contribution >= 0.6 is 23.6 Å². The molecular weight excluding hydrogens is 308 g/mol. The second-order valence-electron chi connectivity index (χ2n) is 4.72. The number of carbonyl (C=O) groups is 2. The van der Waals surface area contributed by atoms with E-state index in [0.717, 1.165) is 10.4 Å². The minimum atomic E-state index is -0.538. The average molecular weight is 324 g/mol. The molecule has 0 spiro atoms. The number of methoxy groups -OCH3 is 1. The molecule has 1 N–H and O–H groups in total. The molecule has 0 saturated heterocycles. The Hall–Kier alpha value is -1.73. The number of allylic oxidation sites excluding steroid dienone is 1. The molecule has 1 aliphatic rings. The highest BCUT2D eigenvalue weighted by Crippen LogP contribution is 2.38. The predicted molar refractivity (Wildman–Crippen MR) is 84.8 cm³/mol. The maximum absolute atomic E-state index is 12.2. The molecule has 0 aliphatic carbocycles. The number of carbonyl (C=O) groups excluding carboxylic acids is 2. The lowest BCUT2D eigenvalue weighted by atomic mass is 9.97. The lowest BCUT2D eigenvalue weighted by molar-refractivity contribution is -0.137. The summed E-state index contributed by atoms with van der Waals surface area (Å²) in [5.74, 6) is -0.689. The van der Waals surface area contributed by atoms with Gasteiger partial charge in [0.25, 0.3) is 0 Å². The zero-order chi connectivity index (χ0) is 15.7. The van der Waals surface area contributed by atoms with E-state index in [1.165, 1.54) is 30.3 Å². The van der Waals surface area contributed by atoms with Crippen molar-refractivity contribution in [2.24, 2.45) is 0 Å². The number of rotatable bonds is 2. The standard InChI is InChI=1S/C14H16N2O3S2/c1-7-5-6-21-12(7)11-10(13(18)19-4)8(2)15-14(20)16(11)9(3)17/h5-6,11H,1-4H3,(H,15,20). The molecule has 1 amide bonds. The Morgan fingerprint density at radius 3 is 2.57 bits per heavy atom. The summed E-state index contributed by atoms with van der Waals surface area (Å²) >= 11 is 6.75. The van der Waals surface area contributed by atoms with Crippen molar-refractivity contribution >= 4 is 40.5 Å². The van der Waals surface area contributed by atoms with Gasteiger partial charge in [0.1, 0.15) is 6.04 Å². The number of thiocarbonyl (C=S) groups is 1. The van der Waals surface area contributed by atoms with Crippen molar-refractivity contribution in [1.82, 2.24) is 10.2 Å². The summed E-state index contributed by atoms with van der Waals surface area (Å²) < 4.78 is 4.88. The second-order valence-corrected chi connectivity index (χ2v) is 6.05. The largest absolute Gasteiger partial charge is 0.466 e. The average Bonchev–Trinajstić information content (AvgIpc) is 2.82. The van der Waals surface area contributed by atoms with Crippen LogP contribution in [-0.2, 0) is 14.3 Å². The summed E-state index contributed by atoms with van der Waals surface area (Å²) in [6, 6.07) is 1.41. The summed E-state index contributed by atoms with van der Waals surface area (Å²) in [5, 5.41) is 5.13. The molecule has 0 radical (unpaired) electrons. The number of hydrogen-bond acceptors (Lipinski definition) is 5. The summed E-state index contributed by atoms with van der Waals surface area (Å²) in [5.41, 5.74) is 2.03. The van der Waals surface area contributed by atoms with Gasteiger partial charge in [-0.3, -0.25) is 9.69 Å². The quantitative estimate of drug-likeness (QED) is 0.668. The topological polar surface area (TPSA) is 58.6 Å². The number of ether oxygens (including phenoxy) is 1. The van der Waals surface area contributed by atoms with Gasteiger partial charge >= 0.3 is 5.97 Å². The highest BCUT2D eigenvalue weighted by molar-refractivity contribution is 7.80. The van der Waals surface area contributed by atoms with E-state index in [0.29, 0.717) is 16.4 Å². The van der Waals surface area contributed by atoms with E-state index in [2.05, 4.69) is 5.32 Å². The number of esters is 1. The Bertz CT molecular complexity index is 648. The molecule has 0 fully saturated rings. The second kappa shape index (κ2) is 5.95.